The summed E-state index contributed by atoms with van der Waals surface area (Å²) in [6.07, 6.45) is -2.12. The maximum atomic E-state index is 10.5. The molecule has 0 fully saturated rings. The lowest BCUT2D eigenvalue weighted by atomic mass is 9.86. The molecule has 2 aliphatic rings. The molecule has 0 bridgehead atoms. The molecule has 4 rings (SSSR count). The number of fused-ring (bicyclic) bond motifs is 3. The van der Waals surface area contributed by atoms with Crippen molar-refractivity contribution >= 4 is 0 Å². The van der Waals surface area contributed by atoms with Crippen molar-refractivity contribution < 1.29 is 35.0 Å². The third kappa shape index (κ3) is 2.60. The van der Waals surface area contributed by atoms with Gasteiger partial charge >= 0.3 is 0 Å². The Morgan fingerprint density at radius 3 is 2.46 bits per heavy atom. The van der Waals surface area contributed by atoms with Crippen LogP contribution in [0.15, 0.2) is 24.3 Å². The first-order chi connectivity index (χ1) is 12.3. The number of hydrogen-bond acceptors (Lipinski definition) is 7. The first-order valence-corrected chi connectivity index (χ1v) is 8.45. The van der Waals surface area contributed by atoms with Crippen LogP contribution in [0.25, 0.3) is 0 Å². The Hall–Kier alpha value is -2.64. The molecular weight excluding hydrogens is 340 g/mol. The lowest BCUT2D eigenvalue weighted by Crippen LogP contribution is -2.32. The first-order valence-electron chi connectivity index (χ1n) is 8.45. The normalized spacial score (nSPS) is 27.0. The summed E-state index contributed by atoms with van der Waals surface area (Å²) < 4.78 is 11.5. The predicted octanol–water partition coefficient (Wildman–Crippen LogP) is 2.04. The molecule has 0 unspecified atom stereocenters. The lowest BCUT2D eigenvalue weighted by Gasteiger charge is -2.36. The smallest absolute Gasteiger partial charge is 0.197 e. The molecule has 138 valence electrons. The minimum absolute atomic E-state index is 0.0628. The van der Waals surface area contributed by atoms with Crippen LogP contribution in [0.5, 0.6) is 28.7 Å². The van der Waals surface area contributed by atoms with Gasteiger partial charge in [-0.1, -0.05) is 13.0 Å². The Labute approximate surface area is 149 Å². The molecule has 26 heavy (non-hydrogen) atoms. The van der Waals surface area contributed by atoms with Crippen LogP contribution in [0.3, 0.4) is 0 Å². The van der Waals surface area contributed by atoms with E-state index >= 15 is 0 Å². The van der Waals surface area contributed by atoms with Gasteiger partial charge in [-0.05, 0) is 23.6 Å². The van der Waals surface area contributed by atoms with Crippen molar-refractivity contribution in [2.75, 3.05) is 0 Å². The van der Waals surface area contributed by atoms with Crippen molar-refractivity contribution in [1.82, 2.24) is 0 Å². The van der Waals surface area contributed by atoms with Gasteiger partial charge in [-0.2, -0.15) is 0 Å². The molecule has 4 atom stereocenters. The van der Waals surface area contributed by atoms with Gasteiger partial charge in [0.05, 0.1) is 6.10 Å². The summed E-state index contributed by atoms with van der Waals surface area (Å²) in [7, 11) is 0. The van der Waals surface area contributed by atoms with Crippen LogP contribution in [0.4, 0.5) is 0 Å². The molecule has 7 nitrogen and oxygen atoms in total. The quantitative estimate of drug-likeness (QED) is 0.494. The second kappa shape index (κ2) is 5.96. The Morgan fingerprint density at radius 2 is 1.73 bits per heavy atom. The lowest BCUT2D eigenvalue weighted by molar-refractivity contribution is -0.0399. The van der Waals surface area contributed by atoms with Crippen LogP contribution in [0.2, 0.25) is 0 Å². The van der Waals surface area contributed by atoms with E-state index in [0.717, 1.165) is 5.56 Å². The van der Waals surface area contributed by atoms with Crippen molar-refractivity contribution in [1.29, 1.82) is 0 Å². The minimum Gasteiger partial charge on any atom is -0.507 e. The summed E-state index contributed by atoms with van der Waals surface area (Å²) in [5.74, 6) is 0.101. The zero-order valence-corrected chi connectivity index (χ0v) is 14.1. The van der Waals surface area contributed by atoms with Gasteiger partial charge in [-0.15, -0.1) is 0 Å². The number of phenols is 3. The maximum Gasteiger partial charge on any atom is 0.197 e. The van der Waals surface area contributed by atoms with E-state index in [9.17, 15) is 25.5 Å². The molecule has 2 aromatic rings. The van der Waals surface area contributed by atoms with Crippen LogP contribution in [-0.4, -0.2) is 37.9 Å². The molecule has 0 aromatic heterocycles. The maximum absolute atomic E-state index is 10.5. The van der Waals surface area contributed by atoms with Crippen molar-refractivity contribution in [3.8, 4) is 28.7 Å². The van der Waals surface area contributed by atoms with Crippen molar-refractivity contribution in [2.24, 2.45) is 0 Å². The SMILES string of the molecule is C[C@@H]1C[C@@H](O)Oc2cc(O)c3c(c21)O[C@H](c1ccc(O)c(O)c1)[C@H](O)C3. The molecule has 0 radical (unpaired) electrons. The second-order valence-corrected chi connectivity index (χ2v) is 6.88. The molecule has 2 aliphatic heterocycles. The molecular formula is C19H20O7. The van der Waals surface area contributed by atoms with Gasteiger partial charge in [0, 0.05) is 30.0 Å². The average Bonchev–Trinajstić information content (AvgIpc) is 2.57. The molecule has 2 aromatic carbocycles. The van der Waals surface area contributed by atoms with Gasteiger partial charge in [-0.25, -0.2) is 0 Å². The molecule has 5 N–H and O–H groups in total. The summed E-state index contributed by atoms with van der Waals surface area (Å²) in [6, 6.07) is 5.67. The summed E-state index contributed by atoms with van der Waals surface area (Å²) in [6.45, 7) is 1.93. The van der Waals surface area contributed by atoms with Gasteiger partial charge in [0.2, 0.25) is 0 Å². The van der Waals surface area contributed by atoms with Crippen LogP contribution < -0.4 is 9.47 Å². The fourth-order valence-corrected chi connectivity index (χ4v) is 3.72. The van der Waals surface area contributed by atoms with Crippen LogP contribution >= 0.6 is 0 Å². The van der Waals surface area contributed by atoms with Gasteiger partial charge < -0.3 is 35.0 Å². The summed E-state index contributed by atoms with van der Waals surface area (Å²) in [5, 5.41) is 49.9. The van der Waals surface area contributed by atoms with Crippen molar-refractivity contribution in [2.45, 2.75) is 44.2 Å². The van der Waals surface area contributed by atoms with Crippen molar-refractivity contribution in [3.63, 3.8) is 0 Å². The summed E-state index contributed by atoms with van der Waals surface area (Å²) in [5.41, 5.74) is 1.73. The Bertz CT molecular complexity index is 863. The monoisotopic (exact) mass is 360 g/mol. The number of ether oxygens (including phenoxy) is 2. The van der Waals surface area contributed by atoms with Gasteiger partial charge in [-0.3, -0.25) is 0 Å². The fraction of sp³-hybridized carbons (Fsp3) is 0.368. The number of aromatic hydroxyl groups is 3. The third-order valence-corrected chi connectivity index (χ3v) is 5.01. The zero-order chi connectivity index (χ0) is 18.6. The van der Waals surface area contributed by atoms with Gasteiger partial charge in [0.25, 0.3) is 0 Å². The van der Waals surface area contributed by atoms with E-state index in [2.05, 4.69) is 0 Å². The third-order valence-electron chi connectivity index (χ3n) is 5.01. The Balaban J connectivity index is 1.80. The molecule has 0 aliphatic carbocycles. The number of benzene rings is 2. The number of rotatable bonds is 1. The number of aliphatic hydroxyl groups excluding tert-OH is 2. The Morgan fingerprint density at radius 1 is 0.962 bits per heavy atom. The van der Waals surface area contributed by atoms with Crippen LogP contribution in [-0.2, 0) is 6.42 Å². The number of phenolic OH excluding ortho intramolecular Hbond substituents is 3. The molecule has 2 heterocycles. The standard InChI is InChI=1S/C19H20O7/c1-8-4-16(24)25-15-7-12(21)10-6-14(23)18(26-19(10)17(8)15)9-2-3-11(20)13(22)5-9/h2-3,5,7-8,14,16,18,20-24H,4,6H2,1H3/t8-,14-,16+,18-/m1/s1. The summed E-state index contributed by atoms with van der Waals surface area (Å²) >= 11 is 0. The molecule has 0 spiro atoms. The van der Waals surface area contributed by atoms with Gasteiger partial charge in [0.15, 0.2) is 17.8 Å². The van der Waals surface area contributed by atoms with E-state index in [1.54, 1.807) is 6.07 Å². The predicted molar refractivity (Wildman–Crippen MR) is 90.6 cm³/mol. The summed E-state index contributed by atoms with van der Waals surface area (Å²) in [4.78, 5) is 0. The highest BCUT2D eigenvalue weighted by Crippen LogP contribution is 2.51. The van der Waals surface area contributed by atoms with E-state index in [-0.39, 0.29) is 29.6 Å². The largest absolute Gasteiger partial charge is 0.507 e. The molecule has 7 heteroatoms. The highest BCUT2D eigenvalue weighted by atomic mass is 16.6. The van der Waals surface area contributed by atoms with E-state index < -0.39 is 18.5 Å². The fourth-order valence-electron chi connectivity index (χ4n) is 3.72. The highest BCUT2D eigenvalue weighted by molar-refractivity contribution is 5.60. The van der Waals surface area contributed by atoms with Crippen LogP contribution in [0.1, 0.15) is 42.1 Å². The average molecular weight is 360 g/mol. The van der Waals surface area contributed by atoms with Crippen LogP contribution in [0, 0.1) is 0 Å². The topological polar surface area (TPSA) is 120 Å². The molecule has 0 amide bonds. The Kier molecular flexibility index (Phi) is 3.86. The minimum atomic E-state index is -0.950. The second-order valence-electron chi connectivity index (χ2n) is 6.88. The van der Waals surface area contributed by atoms with Gasteiger partial charge in [0.1, 0.15) is 23.4 Å². The highest BCUT2D eigenvalue weighted by Gasteiger charge is 2.38. The first kappa shape index (κ1) is 16.8. The van der Waals surface area contributed by atoms with E-state index in [1.807, 2.05) is 6.92 Å². The molecule has 0 saturated carbocycles. The van der Waals surface area contributed by atoms with E-state index in [0.29, 0.717) is 29.0 Å². The molecule has 0 saturated heterocycles. The van der Waals surface area contributed by atoms with E-state index in [1.165, 1.54) is 18.2 Å². The number of aliphatic hydroxyl groups is 2. The van der Waals surface area contributed by atoms with E-state index in [4.69, 9.17) is 9.47 Å². The van der Waals surface area contributed by atoms with Crippen molar-refractivity contribution in [3.05, 3.63) is 41.0 Å². The number of hydrogen-bond donors (Lipinski definition) is 5. The zero-order valence-electron chi connectivity index (χ0n) is 14.1.